The van der Waals surface area contributed by atoms with Crippen molar-refractivity contribution in [2.24, 2.45) is 5.73 Å². The third-order valence-corrected chi connectivity index (χ3v) is 2.17. The number of primary amides is 1. The first-order valence-electron chi connectivity index (χ1n) is 4.59. The van der Waals surface area contributed by atoms with E-state index in [4.69, 9.17) is 10.8 Å². The van der Waals surface area contributed by atoms with E-state index in [2.05, 4.69) is 10.6 Å². The van der Waals surface area contributed by atoms with Crippen LogP contribution in [-0.4, -0.2) is 42.2 Å². The molecule has 1 rings (SSSR count). The van der Waals surface area contributed by atoms with Gasteiger partial charge in [-0.05, 0) is 19.4 Å². The zero-order chi connectivity index (χ0) is 10.6. The zero-order valence-electron chi connectivity index (χ0n) is 7.82. The molecule has 14 heavy (non-hydrogen) atoms. The molecule has 0 saturated carbocycles. The van der Waals surface area contributed by atoms with Crippen molar-refractivity contribution in [3.63, 3.8) is 0 Å². The summed E-state index contributed by atoms with van der Waals surface area (Å²) in [5.74, 6) is -1.02. The van der Waals surface area contributed by atoms with Gasteiger partial charge < -0.3 is 21.5 Å². The average Bonchev–Trinajstić information content (AvgIpc) is 2.66. The molecule has 0 spiro atoms. The predicted octanol–water partition coefficient (Wildman–Crippen LogP) is -2.30. The minimum atomic E-state index is -1.31. The Morgan fingerprint density at radius 3 is 2.86 bits per heavy atom. The molecule has 0 radical (unpaired) electrons. The summed E-state index contributed by atoms with van der Waals surface area (Å²) in [6, 6.07) is -0.199. The SMILES string of the molecule is NC(=O)C(O)CNC(=O)[C@@H]1CCCN1. The molecule has 0 aromatic carbocycles. The summed E-state index contributed by atoms with van der Waals surface area (Å²) in [5, 5.41) is 14.5. The quantitative estimate of drug-likeness (QED) is 0.410. The van der Waals surface area contributed by atoms with Gasteiger partial charge in [-0.3, -0.25) is 9.59 Å². The maximum absolute atomic E-state index is 11.3. The van der Waals surface area contributed by atoms with Crippen LogP contribution in [0.5, 0.6) is 0 Å². The lowest BCUT2D eigenvalue weighted by molar-refractivity contribution is -0.127. The summed E-state index contributed by atoms with van der Waals surface area (Å²) in [6.07, 6.45) is 0.454. The highest BCUT2D eigenvalue weighted by Gasteiger charge is 2.22. The highest BCUT2D eigenvalue weighted by molar-refractivity contribution is 5.83. The Kier molecular flexibility index (Phi) is 3.84. The second-order valence-electron chi connectivity index (χ2n) is 3.31. The van der Waals surface area contributed by atoms with Crippen molar-refractivity contribution in [3.05, 3.63) is 0 Å². The fourth-order valence-electron chi connectivity index (χ4n) is 1.33. The third kappa shape index (κ3) is 2.97. The number of aliphatic hydroxyl groups is 1. The minimum absolute atomic E-state index is 0.119. The molecular formula is C8H15N3O3. The first-order valence-corrected chi connectivity index (χ1v) is 4.59. The van der Waals surface area contributed by atoms with Crippen LogP contribution >= 0.6 is 0 Å². The number of aliphatic hydroxyl groups excluding tert-OH is 1. The topological polar surface area (TPSA) is 104 Å². The molecule has 80 valence electrons. The molecule has 1 unspecified atom stereocenters. The number of nitrogens with one attached hydrogen (secondary N) is 2. The molecule has 1 aliphatic heterocycles. The Labute approximate surface area is 81.8 Å². The summed E-state index contributed by atoms with van der Waals surface area (Å²) in [7, 11) is 0. The van der Waals surface area contributed by atoms with Crippen molar-refractivity contribution in [1.82, 2.24) is 10.6 Å². The van der Waals surface area contributed by atoms with Gasteiger partial charge in [0, 0.05) is 0 Å². The lowest BCUT2D eigenvalue weighted by Crippen LogP contribution is -2.46. The van der Waals surface area contributed by atoms with Crippen molar-refractivity contribution >= 4 is 11.8 Å². The van der Waals surface area contributed by atoms with E-state index in [0.29, 0.717) is 0 Å². The standard InChI is InChI=1S/C8H15N3O3/c9-7(13)6(12)4-11-8(14)5-2-1-3-10-5/h5-6,10,12H,1-4H2,(H2,9,13)(H,11,14)/t5-,6?/m0/s1. The Bertz CT molecular complexity index is 226. The maximum Gasteiger partial charge on any atom is 0.248 e. The lowest BCUT2D eigenvalue weighted by atomic mass is 10.2. The Morgan fingerprint density at radius 2 is 2.36 bits per heavy atom. The molecule has 5 N–H and O–H groups in total. The summed E-state index contributed by atoms with van der Waals surface area (Å²) >= 11 is 0. The smallest absolute Gasteiger partial charge is 0.248 e. The Morgan fingerprint density at radius 1 is 1.64 bits per heavy atom. The van der Waals surface area contributed by atoms with Crippen LogP contribution in [0.2, 0.25) is 0 Å². The molecule has 1 heterocycles. The van der Waals surface area contributed by atoms with Crippen LogP contribution in [0.15, 0.2) is 0 Å². The monoisotopic (exact) mass is 201 g/mol. The largest absolute Gasteiger partial charge is 0.381 e. The van der Waals surface area contributed by atoms with E-state index in [1.165, 1.54) is 0 Å². The van der Waals surface area contributed by atoms with Crippen LogP contribution in [-0.2, 0) is 9.59 Å². The first-order chi connectivity index (χ1) is 6.61. The van der Waals surface area contributed by atoms with E-state index in [0.717, 1.165) is 19.4 Å². The molecule has 6 nitrogen and oxygen atoms in total. The van der Waals surface area contributed by atoms with E-state index in [-0.39, 0.29) is 18.5 Å². The summed E-state index contributed by atoms with van der Waals surface area (Å²) in [6.45, 7) is 0.711. The number of hydrogen-bond donors (Lipinski definition) is 4. The van der Waals surface area contributed by atoms with Crippen molar-refractivity contribution in [3.8, 4) is 0 Å². The molecule has 1 fully saturated rings. The van der Waals surface area contributed by atoms with Crippen LogP contribution in [0.25, 0.3) is 0 Å². The fourth-order valence-corrected chi connectivity index (χ4v) is 1.33. The van der Waals surface area contributed by atoms with E-state index in [1.807, 2.05) is 0 Å². The van der Waals surface area contributed by atoms with Crippen molar-refractivity contribution < 1.29 is 14.7 Å². The number of hydrogen-bond acceptors (Lipinski definition) is 4. The second-order valence-corrected chi connectivity index (χ2v) is 3.31. The lowest BCUT2D eigenvalue weighted by Gasteiger charge is -2.12. The Balaban J connectivity index is 2.23. The van der Waals surface area contributed by atoms with Crippen molar-refractivity contribution in [1.29, 1.82) is 0 Å². The molecule has 0 aliphatic carbocycles. The van der Waals surface area contributed by atoms with E-state index < -0.39 is 12.0 Å². The van der Waals surface area contributed by atoms with Gasteiger partial charge in [-0.2, -0.15) is 0 Å². The number of amides is 2. The van der Waals surface area contributed by atoms with Gasteiger partial charge in [0.25, 0.3) is 0 Å². The summed E-state index contributed by atoms with van der Waals surface area (Å²) < 4.78 is 0. The van der Waals surface area contributed by atoms with Gasteiger partial charge in [-0.25, -0.2) is 0 Å². The van der Waals surface area contributed by atoms with Gasteiger partial charge in [0.1, 0.15) is 6.10 Å². The van der Waals surface area contributed by atoms with E-state index in [9.17, 15) is 9.59 Å². The van der Waals surface area contributed by atoms with Crippen molar-refractivity contribution in [2.75, 3.05) is 13.1 Å². The van der Waals surface area contributed by atoms with Crippen LogP contribution in [0.4, 0.5) is 0 Å². The maximum atomic E-state index is 11.3. The number of nitrogens with two attached hydrogens (primary N) is 1. The molecule has 6 heteroatoms. The van der Waals surface area contributed by atoms with Crippen LogP contribution in [0, 0.1) is 0 Å². The van der Waals surface area contributed by atoms with E-state index >= 15 is 0 Å². The number of carbonyl (C=O) groups excluding carboxylic acids is 2. The molecule has 1 aliphatic rings. The molecule has 2 atom stereocenters. The minimum Gasteiger partial charge on any atom is -0.381 e. The molecule has 0 aromatic heterocycles. The van der Waals surface area contributed by atoms with Crippen molar-refractivity contribution in [2.45, 2.75) is 25.0 Å². The zero-order valence-corrected chi connectivity index (χ0v) is 7.82. The van der Waals surface area contributed by atoms with Gasteiger partial charge in [0.15, 0.2) is 0 Å². The first kappa shape index (κ1) is 10.9. The predicted molar refractivity (Wildman–Crippen MR) is 49.2 cm³/mol. The van der Waals surface area contributed by atoms with Gasteiger partial charge in [-0.15, -0.1) is 0 Å². The van der Waals surface area contributed by atoms with Gasteiger partial charge in [0.05, 0.1) is 12.6 Å². The number of rotatable bonds is 4. The molecular weight excluding hydrogens is 186 g/mol. The highest BCUT2D eigenvalue weighted by Crippen LogP contribution is 2.04. The third-order valence-electron chi connectivity index (χ3n) is 2.17. The van der Waals surface area contributed by atoms with Crippen LogP contribution in [0.3, 0.4) is 0 Å². The van der Waals surface area contributed by atoms with Crippen LogP contribution in [0.1, 0.15) is 12.8 Å². The molecule has 0 bridgehead atoms. The normalized spacial score (nSPS) is 23.1. The fraction of sp³-hybridized carbons (Fsp3) is 0.750. The molecule has 1 saturated heterocycles. The van der Waals surface area contributed by atoms with Crippen LogP contribution < -0.4 is 16.4 Å². The summed E-state index contributed by atoms with van der Waals surface area (Å²) in [5.41, 5.74) is 4.82. The Hall–Kier alpha value is -1.14. The summed E-state index contributed by atoms with van der Waals surface area (Å²) in [4.78, 5) is 21.8. The number of carbonyl (C=O) groups is 2. The van der Waals surface area contributed by atoms with Gasteiger partial charge >= 0.3 is 0 Å². The van der Waals surface area contributed by atoms with Gasteiger partial charge in [0.2, 0.25) is 11.8 Å². The molecule has 0 aromatic rings. The second kappa shape index (κ2) is 4.92. The average molecular weight is 201 g/mol. The van der Waals surface area contributed by atoms with E-state index in [1.54, 1.807) is 0 Å². The highest BCUT2D eigenvalue weighted by atomic mass is 16.3. The van der Waals surface area contributed by atoms with Gasteiger partial charge in [-0.1, -0.05) is 0 Å². The molecule has 2 amide bonds.